The SMILES string of the molecule is CCN(CC(F)(F)F)c1ccc([C@H](C)N)cn1. The molecule has 0 bridgehead atoms. The summed E-state index contributed by atoms with van der Waals surface area (Å²) >= 11 is 0. The van der Waals surface area contributed by atoms with Crippen LogP contribution in [0.25, 0.3) is 0 Å². The summed E-state index contributed by atoms with van der Waals surface area (Å²) in [6, 6.07) is 3.09. The highest BCUT2D eigenvalue weighted by Gasteiger charge is 2.30. The zero-order valence-electron chi connectivity index (χ0n) is 9.83. The lowest BCUT2D eigenvalue weighted by atomic mass is 10.1. The molecule has 0 saturated carbocycles. The Hall–Kier alpha value is -1.30. The van der Waals surface area contributed by atoms with Crippen LogP contribution >= 0.6 is 0 Å². The summed E-state index contributed by atoms with van der Waals surface area (Å²) in [6.45, 7) is 2.72. The van der Waals surface area contributed by atoms with Gasteiger partial charge in [0.2, 0.25) is 0 Å². The minimum absolute atomic E-state index is 0.172. The molecule has 0 radical (unpaired) electrons. The van der Waals surface area contributed by atoms with Crippen LogP contribution in [0.15, 0.2) is 18.3 Å². The molecule has 0 aliphatic carbocycles. The Labute approximate surface area is 98.4 Å². The Balaban J connectivity index is 2.82. The zero-order valence-corrected chi connectivity index (χ0v) is 9.83. The van der Waals surface area contributed by atoms with E-state index in [4.69, 9.17) is 5.73 Å². The minimum atomic E-state index is -4.22. The first kappa shape index (κ1) is 13.8. The molecule has 3 nitrogen and oxygen atoms in total. The second kappa shape index (κ2) is 5.35. The van der Waals surface area contributed by atoms with Gasteiger partial charge in [-0.15, -0.1) is 0 Å². The lowest BCUT2D eigenvalue weighted by Gasteiger charge is -2.23. The predicted octanol–water partition coefficient (Wildman–Crippen LogP) is 2.49. The Morgan fingerprint density at radius 3 is 2.41 bits per heavy atom. The van der Waals surface area contributed by atoms with E-state index in [9.17, 15) is 13.2 Å². The highest BCUT2D eigenvalue weighted by molar-refractivity contribution is 5.39. The molecule has 0 amide bonds. The molecule has 1 aromatic rings. The number of aromatic nitrogens is 1. The fourth-order valence-electron chi connectivity index (χ4n) is 1.43. The summed E-state index contributed by atoms with van der Waals surface area (Å²) in [5.74, 6) is 0.314. The van der Waals surface area contributed by atoms with E-state index in [0.717, 1.165) is 5.56 Å². The summed E-state index contributed by atoms with van der Waals surface area (Å²) in [4.78, 5) is 5.17. The largest absolute Gasteiger partial charge is 0.405 e. The molecule has 1 heterocycles. The third-order valence-corrected chi connectivity index (χ3v) is 2.37. The molecular formula is C11H16F3N3. The Morgan fingerprint density at radius 1 is 1.41 bits per heavy atom. The van der Waals surface area contributed by atoms with Gasteiger partial charge in [-0.3, -0.25) is 0 Å². The monoisotopic (exact) mass is 247 g/mol. The molecule has 0 saturated heterocycles. The zero-order chi connectivity index (χ0) is 13.1. The van der Waals surface area contributed by atoms with Crippen molar-refractivity contribution >= 4 is 5.82 Å². The Kier molecular flexibility index (Phi) is 4.34. The normalized spacial score (nSPS) is 13.5. The van der Waals surface area contributed by atoms with Gasteiger partial charge in [-0.1, -0.05) is 6.07 Å². The van der Waals surface area contributed by atoms with Crippen molar-refractivity contribution in [3.63, 3.8) is 0 Å². The number of alkyl halides is 3. The topological polar surface area (TPSA) is 42.1 Å². The summed E-state index contributed by atoms with van der Waals surface area (Å²) in [5, 5.41) is 0. The van der Waals surface area contributed by atoms with Crippen LogP contribution < -0.4 is 10.6 Å². The highest BCUT2D eigenvalue weighted by atomic mass is 19.4. The lowest BCUT2D eigenvalue weighted by Crippen LogP contribution is -2.34. The van der Waals surface area contributed by atoms with E-state index in [1.165, 1.54) is 11.1 Å². The molecule has 17 heavy (non-hydrogen) atoms. The molecule has 0 unspecified atom stereocenters. The van der Waals surface area contributed by atoms with E-state index in [2.05, 4.69) is 4.98 Å². The van der Waals surface area contributed by atoms with Crippen LogP contribution in [0.2, 0.25) is 0 Å². The van der Waals surface area contributed by atoms with E-state index >= 15 is 0 Å². The van der Waals surface area contributed by atoms with Gasteiger partial charge in [0.25, 0.3) is 0 Å². The van der Waals surface area contributed by atoms with Crippen molar-refractivity contribution < 1.29 is 13.2 Å². The molecule has 2 N–H and O–H groups in total. The molecule has 0 aliphatic heterocycles. The molecule has 96 valence electrons. The minimum Gasteiger partial charge on any atom is -0.348 e. The van der Waals surface area contributed by atoms with E-state index < -0.39 is 12.7 Å². The predicted molar refractivity (Wildman–Crippen MR) is 60.8 cm³/mol. The van der Waals surface area contributed by atoms with E-state index in [-0.39, 0.29) is 12.6 Å². The number of nitrogens with zero attached hydrogens (tertiary/aromatic N) is 2. The summed E-state index contributed by atoms with van der Waals surface area (Å²) in [7, 11) is 0. The fraction of sp³-hybridized carbons (Fsp3) is 0.545. The summed E-state index contributed by atoms with van der Waals surface area (Å²) < 4.78 is 36.9. The quantitative estimate of drug-likeness (QED) is 0.888. The summed E-state index contributed by atoms with van der Waals surface area (Å²) in [6.07, 6.45) is -2.71. The van der Waals surface area contributed by atoms with Gasteiger partial charge in [0.15, 0.2) is 0 Å². The second-order valence-electron chi connectivity index (χ2n) is 3.87. The van der Waals surface area contributed by atoms with Gasteiger partial charge in [0.05, 0.1) is 0 Å². The molecule has 0 aliphatic rings. The number of nitrogens with two attached hydrogens (primary N) is 1. The van der Waals surface area contributed by atoms with Crippen LogP contribution in [0, 0.1) is 0 Å². The van der Waals surface area contributed by atoms with Gasteiger partial charge >= 0.3 is 6.18 Å². The molecule has 1 atom stereocenters. The number of rotatable bonds is 4. The Morgan fingerprint density at radius 2 is 2.06 bits per heavy atom. The smallest absolute Gasteiger partial charge is 0.348 e. The molecular weight excluding hydrogens is 231 g/mol. The molecule has 0 spiro atoms. The van der Waals surface area contributed by atoms with Gasteiger partial charge in [-0.25, -0.2) is 4.98 Å². The molecule has 1 rings (SSSR count). The maximum atomic E-state index is 12.3. The first-order valence-electron chi connectivity index (χ1n) is 5.36. The second-order valence-corrected chi connectivity index (χ2v) is 3.87. The highest BCUT2D eigenvalue weighted by Crippen LogP contribution is 2.21. The first-order chi connectivity index (χ1) is 7.83. The number of hydrogen-bond acceptors (Lipinski definition) is 3. The van der Waals surface area contributed by atoms with Crippen LogP contribution in [0.4, 0.5) is 19.0 Å². The van der Waals surface area contributed by atoms with Crippen molar-refractivity contribution in [1.29, 1.82) is 0 Å². The fourth-order valence-corrected chi connectivity index (χ4v) is 1.43. The molecule has 6 heteroatoms. The van der Waals surface area contributed by atoms with Gasteiger partial charge in [-0.2, -0.15) is 13.2 Å². The molecule has 1 aromatic heterocycles. The van der Waals surface area contributed by atoms with Gasteiger partial charge in [0, 0.05) is 18.8 Å². The standard InChI is InChI=1S/C11H16F3N3/c1-3-17(7-11(12,13)14)10-5-4-9(6-16-10)8(2)15/h4-6,8H,3,7,15H2,1-2H3/t8-/m0/s1. The van der Waals surface area contributed by atoms with E-state index in [1.807, 2.05) is 0 Å². The Bertz CT molecular complexity index is 346. The number of halogens is 3. The summed E-state index contributed by atoms with van der Waals surface area (Å²) in [5.41, 5.74) is 6.44. The van der Waals surface area contributed by atoms with E-state index in [1.54, 1.807) is 26.0 Å². The van der Waals surface area contributed by atoms with Gasteiger partial charge in [-0.05, 0) is 25.5 Å². The van der Waals surface area contributed by atoms with Gasteiger partial charge in [0.1, 0.15) is 12.4 Å². The van der Waals surface area contributed by atoms with Crippen molar-refractivity contribution in [3.8, 4) is 0 Å². The van der Waals surface area contributed by atoms with Crippen LogP contribution in [0.1, 0.15) is 25.5 Å². The first-order valence-corrected chi connectivity index (χ1v) is 5.36. The maximum absolute atomic E-state index is 12.3. The van der Waals surface area contributed by atoms with Crippen LogP contribution in [-0.2, 0) is 0 Å². The molecule has 0 fully saturated rings. The molecule has 0 aromatic carbocycles. The average molecular weight is 247 g/mol. The number of hydrogen-bond donors (Lipinski definition) is 1. The maximum Gasteiger partial charge on any atom is 0.405 e. The third kappa shape index (κ3) is 4.22. The van der Waals surface area contributed by atoms with Crippen LogP contribution in [0.3, 0.4) is 0 Å². The lowest BCUT2D eigenvalue weighted by molar-refractivity contribution is -0.119. The van der Waals surface area contributed by atoms with Crippen LogP contribution in [0.5, 0.6) is 0 Å². The van der Waals surface area contributed by atoms with Crippen molar-refractivity contribution in [2.24, 2.45) is 5.73 Å². The van der Waals surface area contributed by atoms with Crippen molar-refractivity contribution in [3.05, 3.63) is 23.9 Å². The third-order valence-electron chi connectivity index (χ3n) is 2.37. The average Bonchev–Trinajstić information content (AvgIpc) is 2.25. The van der Waals surface area contributed by atoms with Crippen molar-refractivity contribution in [2.75, 3.05) is 18.0 Å². The van der Waals surface area contributed by atoms with Gasteiger partial charge < -0.3 is 10.6 Å². The number of pyridine rings is 1. The van der Waals surface area contributed by atoms with Crippen LogP contribution in [-0.4, -0.2) is 24.2 Å². The van der Waals surface area contributed by atoms with Crippen molar-refractivity contribution in [1.82, 2.24) is 4.98 Å². The van der Waals surface area contributed by atoms with Crippen molar-refractivity contribution in [2.45, 2.75) is 26.1 Å². The number of anilines is 1. The van der Waals surface area contributed by atoms with E-state index in [0.29, 0.717) is 5.82 Å².